The van der Waals surface area contributed by atoms with Crippen molar-refractivity contribution >= 4 is 11.8 Å². The minimum absolute atomic E-state index is 0.162. The number of nitrogens with zero attached hydrogens (tertiary/aromatic N) is 1. The molecule has 1 unspecified atom stereocenters. The van der Waals surface area contributed by atoms with Crippen molar-refractivity contribution in [3.05, 3.63) is 30.1 Å². The Labute approximate surface area is 124 Å². The van der Waals surface area contributed by atoms with E-state index in [-0.39, 0.29) is 24.3 Å². The molecule has 0 radical (unpaired) electrons. The molecule has 1 saturated carbocycles. The molecular weight excluding hydrogens is 270 g/mol. The highest BCUT2D eigenvalue weighted by atomic mass is 16.3. The van der Waals surface area contributed by atoms with E-state index in [2.05, 4.69) is 15.6 Å². The summed E-state index contributed by atoms with van der Waals surface area (Å²) in [5, 5.41) is 14.7. The van der Waals surface area contributed by atoms with Gasteiger partial charge >= 0.3 is 0 Å². The summed E-state index contributed by atoms with van der Waals surface area (Å²) in [6, 6.07) is 2.77. The summed E-state index contributed by atoms with van der Waals surface area (Å²) in [6.45, 7) is -0.402. The highest BCUT2D eigenvalue weighted by molar-refractivity contribution is 5.88. The second kappa shape index (κ2) is 7.73. The second-order valence-corrected chi connectivity index (χ2v) is 5.32. The van der Waals surface area contributed by atoms with Crippen molar-refractivity contribution in [1.82, 2.24) is 15.6 Å². The molecule has 1 aliphatic rings. The summed E-state index contributed by atoms with van der Waals surface area (Å²) in [4.78, 5) is 27.8. The molecule has 2 rings (SSSR count). The van der Waals surface area contributed by atoms with Gasteiger partial charge in [-0.2, -0.15) is 0 Å². The van der Waals surface area contributed by atoms with E-state index in [0.29, 0.717) is 0 Å². The summed E-state index contributed by atoms with van der Waals surface area (Å²) in [5.74, 6) is -0.602. The van der Waals surface area contributed by atoms with Crippen LogP contribution in [0.15, 0.2) is 24.5 Å². The topological polar surface area (TPSA) is 91.3 Å². The van der Waals surface area contributed by atoms with Crippen LogP contribution >= 0.6 is 0 Å². The molecule has 0 aliphatic heterocycles. The predicted octanol–water partition coefficient (Wildman–Crippen LogP) is 0.160. The van der Waals surface area contributed by atoms with E-state index in [1.54, 1.807) is 24.5 Å². The smallest absolute Gasteiger partial charge is 0.245 e. The Hall–Kier alpha value is -1.95. The molecule has 6 heteroatoms. The standard InChI is InChI=1S/C15H21N3O3/c19-10-13(15(21)17-12-3-1-2-4-12)18-14(20)9-11-5-7-16-8-6-11/h5-8,12-13,19H,1-4,9-10H2,(H,17,21)(H,18,20). The zero-order valence-electron chi connectivity index (χ0n) is 11.9. The lowest BCUT2D eigenvalue weighted by molar-refractivity contribution is -0.130. The maximum Gasteiger partial charge on any atom is 0.245 e. The molecule has 1 atom stereocenters. The van der Waals surface area contributed by atoms with Crippen molar-refractivity contribution in [3.8, 4) is 0 Å². The van der Waals surface area contributed by atoms with Gasteiger partial charge in [-0.05, 0) is 30.5 Å². The monoisotopic (exact) mass is 291 g/mol. The number of hydrogen-bond acceptors (Lipinski definition) is 4. The molecule has 1 aromatic rings. The van der Waals surface area contributed by atoms with E-state index in [4.69, 9.17) is 0 Å². The van der Waals surface area contributed by atoms with E-state index >= 15 is 0 Å². The Bertz CT molecular complexity index is 472. The number of aromatic nitrogens is 1. The molecule has 0 bridgehead atoms. The number of aliphatic hydroxyl groups is 1. The van der Waals surface area contributed by atoms with Crippen LogP contribution in [0.2, 0.25) is 0 Å². The summed E-state index contributed by atoms with van der Waals surface area (Å²) in [7, 11) is 0. The third-order valence-corrected chi connectivity index (χ3v) is 3.65. The molecular formula is C15H21N3O3. The van der Waals surface area contributed by atoms with E-state index in [1.807, 2.05) is 0 Å². The van der Waals surface area contributed by atoms with Crippen LogP contribution in [0.4, 0.5) is 0 Å². The molecule has 1 heterocycles. The van der Waals surface area contributed by atoms with Crippen LogP contribution in [0.5, 0.6) is 0 Å². The Morgan fingerprint density at radius 3 is 2.57 bits per heavy atom. The van der Waals surface area contributed by atoms with Crippen LogP contribution < -0.4 is 10.6 Å². The first-order valence-corrected chi connectivity index (χ1v) is 7.28. The number of nitrogens with one attached hydrogen (secondary N) is 2. The average Bonchev–Trinajstić information content (AvgIpc) is 2.98. The van der Waals surface area contributed by atoms with Gasteiger partial charge in [0, 0.05) is 18.4 Å². The van der Waals surface area contributed by atoms with Crippen molar-refractivity contribution in [3.63, 3.8) is 0 Å². The van der Waals surface area contributed by atoms with Gasteiger partial charge in [-0.25, -0.2) is 0 Å². The number of aliphatic hydroxyl groups excluding tert-OH is 1. The first kappa shape index (κ1) is 15.4. The number of amides is 2. The lowest BCUT2D eigenvalue weighted by atomic mass is 10.1. The minimum Gasteiger partial charge on any atom is -0.394 e. The maximum absolute atomic E-state index is 12.0. The summed E-state index contributed by atoms with van der Waals surface area (Å²) in [5.41, 5.74) is 0.815. The van der Waals surface area contributed by atoms with Crippen molar-refractivity contribution in [2.24, 2.45) is 0 Å². The number of hydrogen-bond donors (Lipinski definition) is 3. The molecule has 114 valence electrons. The summed E-state index contributed by atoms with van der Waals surface area (Å²) in [6.07, 6.45) is 7.55. The Morgan fingerprint density at radius 2 is 1.95 bits per heavy atom. The van der Waals surface area contributed by atoms with Gasteiger partial charge in [0.2, 0.25) is 11.8 Å². The zero-order valence-corrected chi connectivity index (χ0v) is 11.9. The van der Waals surface area contributed by atoms with Crippen LogP contribution in [-0.2, 0) is 16.0 Å². The first-order valence-electron chi connectivity index (χ1n) is 7.28. The van der Waals surface area contributed by atoms with Gasteiger partial charge in [0.05, 0.1) is 13.0 Å². The SMILES string of the molecule is O=C(Cc1ccncc1)NC(CO)C(=O)NC1CCCC1. The number of carbonyl (C=O) groups excluding carboxylic acids is 2. The second-order valence-electron chi connectivity index (χ2n) is 5.32. The molecule has 1 fully saturated rings. The highest BCUT2D eigenvalue weighted by Crippen LogP contribution is 2.17. The molecule has 0 aromatic carbocycles. The fraction of sp³-hybridized carbons (Fsp3) is 0.533. The minimum atomic E-state index is -0.889. The third kappa shape index (κ3) is 4.82. The van der Waals surface area contributed by atoms with Crippen LogP contribution in [0.1, 0.15) is 31.2 Å². The Balaban J connectivity index is 1.83. The number of rotatable bonds is 6. The molecule has 3 N–H and O–H groups in total. The van der Waals surface area contributed by atoms with Gasteiger partial charge in [-0.15, -0.1) is 0 Å². The van der Waals surface area contributed by atoms with Crippen LogP contribution in [0.25, 0.3) is 0 Å². The molecule has 1 aromatic heterocycles. The normalized spacial score (nSPS) is 16.4. The highest BCUT2D eigenvalue weighted by Gasteiger charge is 2.24. The number of pyridine rings is 1. The van der Waals surface area contributed by atoms with E-state index in [1.165, 1.54) is 0 Å². The molecule has 21 heavy (non-hydrogen) atoms. The quantitative estimate of drug-likeness (QED) is 0.696. The lowest BCUT2D eigenvalue weighted by Crippen LogP contribution is -2.51. The third-order valence-electron chi connectivity index (χ3n) is 3.65. The van der Waals surface area contributed by atoms with E-state index in [9.17, 15) is 14.7 Å². The molecule has 2 amide bonds. The van der Waals surface area contributed by atoms with Crippen molar-refractivity contribution < 1.29 is 14.7 Å². The van der Waals surface area contributed by atoms with Crippen molar-refractivity contribution in [1.29, 1.82) is 0 Å². The largest absolute Gasteiger partial charge is 0.394 e. The van der Waals surface area contributed by atoms with Crippen LogP contribution in [-0.4, -0.2) is 40.6 Å². The first-order chi connectivity index (χ1) is 10.2. The maximum atomic E-state index is 12.0. The average molecular weight is 291 g/mol. The lowest BCUT2D eigenvalue weighted by Gasteiger charge is -2.19. The fourth-order valence-electron chi connectivity index (χ4n) is 2.50. The van der Waals surface area contributed by atoms with Crippen molar-refractivity contribution in [2.75, 3.05) is 6.61 Å². The fourth-order valence-corrected chi connectivity index (χ4v) is 2.50. The van der Waals surface area contributed by atoms with Crippen LogP contribution in [0.3, 0.4) is 0 Å². The van der Waals surface area contributed by atoms with E-state index in [0.717, 1.165) is 31.2 Å². The van der Waals surface area contributed by atoms with Gasteiger partial charge in [0.25, 0.3) is 0 Å². The molecule has 0 saturated heterocycles. The Kier molecular flexibility index (Phi) is 5.68. The molecule has 0 spiro atoms. The number of carbonyl (C=O) groups is 2. The summed E-state index contributed by atoms with van der Waals surface area (Å²) < 4.78 is 0. The zero-order chi connectivity index (χ0) is 15.1. The van der Waals surface area contributed by atoms with Gasteiger partial charge < -0.3 is 15.7 Å². The van der Waals surface area contributed by atoms with E-state index < -0.39 is 12.6 Å². The van der Waals surface area contributed by atoms with Crippen molar-refractivity contribution in [2.45, 2.75) is 44.2 Å². The van der Waals surface area contributed by atoms with Gasteiger partial charge in [-0.1, -0.05) is 12.8 Å². The Morgan fingerprint density at radius 1 is 1.29 bits per heavy atom. The van der Waals surface area contributed by atoms with Gasteiger partial charge in [-0.3, -0.25) is 14.6 Å². The van der Waals surface area contributed by atoms with Crippen LogP contribution in [0, 0.1) is 0 Å². The molecule has 1 aliphatic carbocycles. The predicted molar refractivity (Wildman–Crippen MR) is 77.4 cm³/mol. The molecule has 6 nitrogen and oxygen atoms in total. The van der Waals surface area contributed by atoms with Gasteiger partial charge in [0.1, 0.15) is 6.04 Å². The summed E-state index contributed by atoms with van der Waals surface area (Å²) >= 11 is 0. The van der Waals surface area contributed by atoms with Gasteiger partial charge in [0.15, 0.2) is 0 Å².